The topological polar surface area (TPSA) is 161 Å². The fourth-order valence-electron chi connectivity index (χ4n) is 3.66. The molecule has 11 nitrogen and oxygen atoms in total. The minimum absolute atomic E-state index is 0.155. The zero-order valence-electron chi connectivity index (χ0n) is 17.1. The largest absolute Gasteiger partial charge is 0.465 e. The Labute approximate surface area is 180 Å². The van der Waals surface area contributed by atoms with Crippen LogP contribution in [0.3, 0.4) is 0 Å². The van der Waals surface area contributed by atoms with Gasteiger partial charge in [-0.25, -0.2) is 4.57 Å². The second-order valence-corrected chi connectivity index (χ2v) is 9.18. The lowest BCUT2D eigenvalue weighted by molar-refractivity contribution is -0.244. The fraction of sp³-hybridized carbons (Fsp3) is 0.632. The van der Waals surface area contributed by atoms with Crippen molar-refractivity contribution in [2.45, 2.75) is 56.5 Å². The van der Waals surface area contributed by atoms with Crippen LogP contribution in [-0.4, -0.2) is 82.4 Å². The van der Waals surface area contributed by atoms with Gasteiger partial charge in [-0.05, 0) is 31.9 Å². The Morgan fingerprint density at radius 2 is 2.03 bits per heavy atom. The lowest BCUT2D eigenvalue weighted by atomic mass is 9.98. The van der Waals surface area contributed by atoms with Crippen molar-refractivity contribution >= 4 is 13.7 Å². The molecule has 1 aromatic rings. The Balaban J connectivity index is 1.94. The Morgan fingerprint density at radius 3 is 2.68 bits per heavy atom. The van der Waals surface area contributed by atoms with E-state index in [4.69, 9.17) is 24.3 Å². The number of hydrogen-bond acceptors (Lipinski definition) is 10. The van der Waals surface area contributed by atoms with E-state index in [1.807, 2.05) is 0 Å². The highest BCUT2D eigenvalue weighted by Crippen LogP contribution is 2.57. The van der Waals surface area contributed by atoms with Crippen LogP contribution in [0, 0.1) is 0 Å². The highest BCUT2D eigenvalue weighted by Gasteiger charge is 2.52. The van der Waals surface area contributed by atoms with Gasteiger partial charge in [-0.3, -0.25) is 9.32 Å². The summed E-state index contributed by atoms with van der Waals surface area (Å²) in [7, 11) is -4.28. The minimum Gasteiger partial charge on any atom is -0.465 e. The number of nitrogens with zero attached hydrogens (tertiary/aromatic N) is 1. The van der Waals surface area contributed by atoms with E-state index in [2.05, 4.69) is 0 Å². The van der Waals surface area contributed by atoms with Crippen LogP contribution < -0.4 is 10.3 Å². The monoisotopic (exact) mass is 460 g/mol. The Morgan fingerprint density at radius 1 is 1.32 bits per heavy atom. The number of hydrogen-bond donors (Lipinski definition) is 4. The van der Waals surface area contributed by atoms with Crippen LogP contribution in [-0.2, 0) is 23.4 Å². The molecule has 0 saturated carbocycles. The maximum absolute atomic E-state index is 14.1. The van der Waals surface area contributed by atoms with E-state index in [0.29, 0.717) is 12.8 Å². The molecule has 12 heteroatoms. The van der Waals surface area contributed by atoms with Crippen molar-refractivity contribution in [2.75, 3.05) is 19.8 Å². The van der Waals surface area contributed by atoms with Crippen molar-refractivity contribution < 1.29 is 43.2 Å². The molecule has 5 N–H and O–H groups in total. The smallest absolute Gasteiger partial charge is 0.462 e. The van der Waals surface area contributed by atoms with Gasteiger partial charge in [0.1, 0.15) is 30.1 Å². The molecule has 0 radical (unpaired) electrons. The number of nitrogens with two attached hydrogens (primary N) is 1. The van der Waals surface area contributed by atoms with E-state index in [0.717, 1.165) is 0 Å². The summed E-state index contributed by atoms with van der Waals surface area (Å²) in [6.45, 7) is 1.40. The highest BCUT2D eigenvalue weighted by molar-refractivity contribution is 7.51. The van der Waals surface area contributed by atoms with Crippen LogP contribution in [0.25, 0.3) is 0 Å². The Hall–Kier alpha value is -1.56. The van der Waals surface area contributed by atoms with Gasteiger partial charge >= 0.3 is 13.7 Å². The van der Waals surface area contributed by atoms with Crippen LogP contribution in [0.15, 0.2) is 30.3 Å². The average molecular weight is 460 g/mol. The molecule has 7 atom stereocenters. The molecule has 2 unspecified atom stereocenters. The number of benzene rings is 1. The number of rotatable bonds is 8. The van der Waals surface area contributed by atoms with Gasteiger partial charge in [0.05, 0.1) is 19.3 Å². The molecule has 0 amide bonds. The maximum Gasteiger partial charge on any atom is 0.462 e. The van der Waals surface area contributed by atoms with Crippen molar-refractivity contribution in [1.82, 2.24) is 4.67 Å². The lowest BCUT2D eigenvalue weighted by Gasteiger charge is -2.42. The van der Waals surface area contributed by atoms with Gasteiger partial charge in [-0.2, -0.15) is 4.67 Å². The summed E-state index contributed by atoms with van der Waals surface area (Å²) >= 11 is 0. The van der Waals surface area contributed by atoms with Crippen molar-refractivity contribution in [3.05, 3.63) is 30.3 Å². The van der Waals surface area contributed by atoms with Gasteiger partial charge in [0, 0.05) is 6.54 Å². The van der Waals surface area contributed by atoms with Crippen LogP contribution >= 0.6 is 7.75 Å². The predicted molar refractivity (Wildman–Crippen MR) is 108 cm³/mol. The number of carbonyl (C=O) groups is 1. The number of para-hydroxylation sites is 1. The van der Waals surface area contributed by atoms with E-state index < -0.39 is 57.0 Å². The summed E-state index contributed by atoms with van der Waals surface area (Å²) in [4.78, 5) is 12.5. The number of aliphatic hydroxyl groups is 3. The molecule has 1 aromatic carbocycles. The molecule has 0 spiro atoms. The third kappa shape index (κ3) is 5.27. The van der Waals surface area contributed by atoms with Crippen molar-refractivity contribution in [1.29, 1.82) is 0 Å². The zero-order chi connectivity index (χ0) is 22.6. The zero-order valence-corrected chi connectivity index (χ0v) is 18.0. The van der Waals surface area contributed by atoms with Gasteiger partial charge in [-0.1, -0.05) is 18.2 Å². The third-order valence-corrected chi connectivity index (χ3v) is 7.30. The van der Waals surface area contributed by atoms with E-state index in [9.17, 15) is 24.7 Å². The molecule has 31 heavy (non-hydrogen) atoms. The van der Waals surface area contributed by atoms with Crippen molar-refractivity contribution in [3.63, 3.8) is 0 Å². The molecule has 2 aliphatic heterocycles. The van der Waals surface area contributed by atoms with Gasteiger partial charge in [-0.15, -0.1) is 0 Å². The molecule has 0 aliphatic carbocycles. The fourth-order valence-corrected chi connectivity index (χ4v) is 5.82. The Bertz CT molecular complexity index is 781. The summed E-state index contributed by atoms with van der Waals surface area (Å²) in [5, 5.41) is 30.1. The lowest BCUT2D eigenvalue weighted by Crippen LogP contribution is -2.62. The minimum atomic E-state index is -4.28. The molecule has 2 fully saturated rings. The van der Waals surface area contributed by atoms with Crippen LogP contribution in [0.5, 0.6) is 5.75 Å². The van der Waals surface area contributed by atoms with Gasteiger partial charge in [0.15, 0.2) is 6.29 Å². The summed E-state index contributed by atoms with van der Waals surface area (Å²) in [6.07, 6.45) is -4.74. The van der Waals surface area contributed by atoms with Gasteiger partial charge in [0.2, 0.25) is 0 Å². The van der Waals surface area contributed by atoms with Gasteiger partial charge < -0.3 is 35.1 Å². The summed E-state index contributed by atoms with van der Waals surface area (Å²) < 4.78 is 37.2. The third-order valence-electron chi connectivity index (χ3n) is 5.24. The molecule has 2 aliphatic rings. The summed E-state index contributed by atoms with van der Waals surface area (Å²) in [5.41, 5.74) is 5.76. The molecule has 2 heterocycles. The second-order valence-electron chi connectivity index (χ2n) is 7.33. The SMILES string of the molecule is CCOC(=O)C1CCCN1P(=O)(Oc1ccccc1)O[C@H]1[C@H](O)[C@@H](N)[C@@H](O)O[C@@H]1CO. The standard InChI is InChI=1S/C19H29N2O9P/c1-2-27-18(24)13-9-6-10-21(13)31(26,29-12-7-4-3-5-8-12)30-17-14(11-22)28-19(25)15(20)16(17)23/h3-5,7-8,13-17,19,22-23,25H,2,6,9-11,20H2,1H3/t13?,14-,15-,16-,17-,19+,31?/m1/s1. The molecule has 2 saturated heterocycles. The number of esters is 1. The first-order valence-electron chi connectivity index (χ1n) is 10.2. The first-order chi connectivity index (χ1) is 14.8. The van der Waals surface area contributed by atoms with E-state index in [-0.39, 0.29) is 18.9 Å². The maximum atomic E-state index is 14.1. The van der Waals surface area contributed by atoms with E-state index in [1.54, 1.807) is 37.3 Å². The normalized spacial score (nSPS) is 33.6. The molecular formula is C19H29N2O9P. The first-order valence-corrected chi connectivity index (χ1v) is 11.6. The van der Waals surface area contributed by atoms with Crippen molar-refractivity contribution in [2.24, 2.45) is 5.73 Å². The highest BCUT2D eigenvalue weighted by atomic mass is 31.2. The van der Waals surface area contributed by atoms with E-state index in [1.165, 1.54) is 4.67 Å². The molecular weight excluding hydrogens is 431 g/mol. The first kappa shape index (κ1) is 24.1. The molecule has 3 rings (SSSR count). The van der Waals surface area contributed by atoms with Crippen molar-refractivity contribution in [3.8, 4) is 5.75 Å². The number of ether oxygens (including phenoxy) is 2. The van der Waals surface area contributed by atoms with Crippen LogP contribution in [0.2, 0.25) is 0 Å². The quantitative estimate of drug-likeness (QED) is 0.305. The summed E-state index contributed by atoms with van der Waals surface area (Å²) in [6, 6.07) is 6.09. The van der Waals surface area contributed by atoms with Crippen LogP contribution in [0.4, 0.5) is 0 Å². The van der Waals surface area contributed by atoms with Gasteiger partial charge in [0.25, 0.3) is 0 Å². The molecule has 0 aromatic heterocycles. The molecule has 174 valence electrons. The van der Waals surface area contributed by atoms with Crippen LogP contribution in [0.1, 0.15) is 19.8 Å². The number of carbonyl (C=O) groups excluding carboxylic acids is 1. The van der Waals surface area contributed by atoms with E-state index >= 15 is 0 Å². The Kier molecular flexibility index (Phi) is 8.06. The second kappa shape index (κ2) is 10.4. The summed E-state index contributed by atoms with van der Waals surface area (Å²) in [5.74, 6) is -0.344. The average Bonchev–Trinajstić information content (AvgIpc) is 3.26. The predicted octanol–water partition coefficient (Wildman–Crippen LogP) is -0.0161. The molecule has 0 bridgehead atoms. The number of aliphatic hydroxyl groups excluding tert-OH is 3.